The summed E-state index contributed by atoms with van der Waals surface area (Å²) in [5.74, 6) is 0.396. The van der Waals surface area contributed by atoms with Gasteiger partial charge in [0.25, 0.3) is 0 Å². The number of carbonyl (C=O) groups is 1. The average molecular weight is 419 g/mol. The Bertz CT molecular complexity index is 701. The summed E-state index contributed by atoms with van der Waals surface area (Å²) in [6, 6.07) is 7.00. The Kier molecular flexibility index (Phi) is 8.34. The van der Waals surface area contributed by atoms with Gasteiger partial charge in [-0.2, -0.15) is 4.31 Å². The first kappa shape index (κ1) is 21.9. The molecule has 1 fully saturated rings. The summed E-state index contributed by atoms with van der Waals surface area (Å²) < 4.78 is 37.3. The van der Waals surface area contributed by atoms with Crippen LogP contribution in [-0.4, -0.2) is 62.8 Å². The Balaban J connectivity index is 1.63. The molecule has 152 valence electrons. The van der Waals surface area contributed by atoms with Crippen LogP contribution in [0.15, 0.2) is 24.3 Å². The molecule has 1 amide bonds. The number of carbonyl (C=O) groups excluding carboxylic acids is 1. The molecule has 0 radical (unpaired) electrons. The number of rotatable bonds is 9. The molecule has 2 rings (SSSR count). The molecule has 1 aromatic carbocycles. The molecule has 2 unspecified atom stereocenters. The third-order valence-electron chi connectivity index (χ3n) is 4.09. The fourth-order valence-corrected chi connectivity index (χ4v) is 4.47. The van der Waals surface area contributed by atoms with E-state index in [9.17, 15) is 13.2 Å². The molecule has 1 aliphatic rings. The van der Waals surface area contributed by atoms with Crippen molar-refractivity contribution in [3.8, 4) is 5.75 Å². The third kappa shape index (κ3) is 7.65. The van der Waals surface area contributed by atoms with Crippen molar-refractivity contribution < 1.29 is 22.7 Å². The first-order valence-electron chi connectivity index (χ1n) is 9.04. The number of ether oxygens (including phenoxy) is 2. The fourth-order valence-electron chi connectivity index (χ4n) is 2.85. The van der Waals surface area contributed by atoms with Crippen LogP contribution in [-0.2, 0) is 19.6 Å². The van der Waals surface area contributed by atoms with Crippen molar-refractivity contribution in [2.45, 2.75) is 38.9 Å². The van der Waals surface area contributed by atoms with Gasteiger partial charge in [-0.15, -0.1) is 0 Å². The molecule has 7 nitrogen and oxygen atoms in total. The van der Waals surface area contributed by atoms with E-state index in [1.54, 1.807) is 24.3 Å². The second kappa shape index (κ2) is 10.3. The summed E-state index contributed by atoms with van der Waals surface area (Å²) in [4.78, 5) is 11.9. The van der Waals surface area contributed by atoms with Gasteiger partial charge >= 0.3 is 0 Å². The zero-order valence-corrected chi connectivity index (χ0v) is 17.3. The Morgan fingerprint density at radius 2 is 1.89 bits per heavy atom. The standard InChI is InChI=1S/C18H27ClN2O5S/c1-14-12-21(13-15(2)26-14)27(23,24)11-9-20-18(22)4-3-10-25-17-7-5-16(19)6-8-17/h5-8,14-15H,3-4,9-13H2,1-2H3,(H,20,22). The minimum absolute atomic E-state index is 0.0966. The van der Waals surface area contributed by atoms with Gasteiger partial charge in [0.1, 0.15) is 5.75 Å². The van der Waals surface area contributed by atoms with Crippen LogP contribution in [0, 0.1) is 0 Å². The molecule has 0 aromatic heterocycles. The highest BCUT2D eigenvalue weighted by molar-refractivity contribution is 7.89. The van der Waals surface area contributed by atoms with Crippen LogP contribution in [0.5, 0.6) is 5.75 Å². The fraction of sp³-hybridized carbons (Fsp3) is 0.611. The van der Waals surface area contributed by atoms with Gasteiger partial charge in [-0.1, -0.05) is 11.6 Å². The largest absolute Gasteiger partial charge is 0.494 e. The molecule has 0 spiro atoms. The van der Waals surface area contributed by atoms with E-state index < -0.39 is 10.0 Å². The van der Waals surface area contributed by atoms with Gasteiger partial charge in [-0.25, -0.2) is 8.42 Å². The quantitative estimate of drug-likeness (QED) is 0.620. The van der Waals surface area contributed by atoms with Crippen LogP contribution in [0.2, 0.25) is 5.02 Å². The Morgan fingerprint density at radius 1 is 1.26 bits per heavy atom. The van der Waals surface area contributed by atoms with E-state index in [1.165, 1.54) is 4.31 Å². The molecule has 1 N–H and O–H groups in total. The van der Waals surface area contributed by atoms with Crippen molar-refractivity contribution in [3.63, 3.8) is 0 Å². The summed E-state index contributed by atoms with van der Waals surface area (Å²) in [7, 11) is -3.41. The van der Waals surface area contributed by atoms with Gasteiger partial charge in [0.05, 0.1) is 24.6 Å². The number of morpholine rings is 1. The van der Waals surface area contributed by atoms with E-state index >= 15 is 0 Å². The Labute approximate surface area is 166 Å². The molecule has 1 aliphatic heterocycles. The summed E-state index contributed by atoms with van der Waals surface area (Å²) in [5, 5.41) is 3.29. The number of nitrogens with zero attached hydrogens (tertiary/aromatic N) is 1. The minimum Gasteiger partial charge on any atom is -0.494 e. The topological polar surface area (TPSA) is 84.9 Å². The molecule has 0 saturated carbocycles. The van der Waals surface area contributed by atoms with E-state index in [2.05, 4.69) is 5.32 Å². The lowest BCUT2D eigenvalue weighted by molar-refractivity contribution is -0.121. The smallest absolute Gasteiger partial charge is 0.220 e. The van der Waals surface area contributed by atoms with Crippen LogP contribution in [0.3, 0.4) is 0 Å². The number of sulfonamides is 1. The minimum atomic E-state index is -3.41. The van der Waals surface area contributed by atoms with Crippen molar-refractivity contribution in [2.24, 2.45) is 0 Å². The van der Waals surface area contributed by atoms with Crippen molar-refractivity contribution in [3.05, 3.63) is 29.3 Å². The predicted molar refractivity (Wildman–Crippen MR) is 105 cm³/mol. The van der Waals surface area contributed by atoms with Crippen LogP contribution in [0.25, 0.3) is 0 Å². The van der Waals surface area contributed by atoms with Gasteiger partial charge in [-0.05, 0) is 44.5 Å². The van der Waals surface area contributed by atoms with Crippen LogP contribution in [0.4, 0.5) is 0 Å². The number of hydrogen-bond acceptors (Lipinski definition) is 5. The van der Waals surface area contributed by atoms with Crippen molar-refractivity contribution in [1.82, 2.24) is 9.62 Å². The van der Waals surface area contributed by atoms with Crippen LogP contribution in [0.1, 0.15) is 26.7 Å². The molecular weight excluding hydrogens is 392 g/mol. The lowest BCUT2D eigenvalue weighted by Crippen LogP contribution is -2.49. The molecular formula is C18H27ClN2O5S. The molecule has 27 heavy (non-hydrogen) atoms. The first-order valence-corrected chi connectivity index (χ1v) is 11.0. The number of nitrogens with one attached hydrogen (secondary N) is 1. The molecule has 1 heterocycles. The highest BCUT2D eigenvalue weighted by Crippen LogP contribution is 2.16. The average Bonchev–Trinajstić information content (AvgIpc) is 2.59. The molecule has 0 aliphatic carbocycles. The summed E-state index contributed by atoms with van der Waals surface area (Å²) in [5.41, 5.74) is 0. The van der Waals surface area contributed by atoms with Gasteiger partial charge in [-0.3, -0.25) is 4.79 Å². The number of hydrogen-bond donors (Lipinski definition) is 1. The molecule has 2 atom stereocenters. The van der Waals surface area contributed by atoms with Crippen molar-refractivity contribution >= 4 is 27.5 Å². The van der Waals surface area contributed by atoms with Crippen molar-refractivity contribution in [1.29, 1.82) is 0 Å². The normalized spacial score (nSPS) is 21.0. The van der Waals surface area contributed by atoms with Gasteiger partial charge in [0.15, 0.2) is 0 Å². The Morgan fingerprint density at radius 3 is 2.52 bits per heavy atom. The SMILES string of the molecule is CC1CN(S(=O)(=O)CCNC(=O)CCCOc2ccc(Cl)cc2)CC(C)O1. The summed E-state index contributed by atoms with van der Waals surface area (Å²) in [6.07, 6.45) is 0.566. The number of benzene rings is 1. The molecule has 1 saturated heterocycles. The van der Waals surface area contributed by atoms with E-state index in [4.69, 9.17) is 21.1 Å². The monoisotopic (exact) mass is 418 g/mol. The van der Waals surface area contributed by atoms with Crippen molar-refractivity contribution in [2.75, 3.05) is 32.0 Å². The molecule has 1 aromatic rings. The second-order valence-electron chi connectivity index (χ2n) is 6.65. The lowest BCUT2D eigenvalue weighted by Gasteiger charge is -2.34. The van der Waals surface area contributed by atoms with Crippen LogP contribution >= 0.6 is 11.6 Å². The van der Waals surface area contributed by atoms with E-state index in [1.807, 2.05) is 13.8 Å². The summed E-state index contributed by atoms with van der Waals surface area (Å²) >= 11 is 5.80. The third-order valence-corrected chi connectivity index (χ3v) is 6.15. The number of amides is 1. The maximum Gasteiger partial charge on any atom is 0.220 e. The van der Waals surface area contributed by atoms with E-state index in [0.29, 0.717) is 36.9 Å². The van der Waals surface area contributed by atoms with E-state index in [-0.39, 0.29) is 36.8 Å². The van der Waals surface area contributed by atoms with Gasteiger partial charge < -0.3 is 14.8 Å². The molecule has 0 bridgehead atoms. The predicted octanol–water partition coefficient (Wildman–Crippen LogP) is 2.05. The molecule has 9 heteroatoms. The highest BCUT2D eigenvalue weighted by atomic mass is 35.5. The second-order valence-corrected chi connectivity index (χ2v) is 9.17. The Hall–Kier alpha value is -1.35. The zero-order chi connectivity index (χ0) is 19.9. The maximum absolute atomic E-state index is 12.4. The van der Waals surface area contributed by atoms with E-state index in [0.717, 1.165) is 0 Å². The number of halogens is 1. The van der Waals surface area contributed by atoms with Gasteiger partial charge in [0.2, 0.25) is 15.9 Å². The zero-order valence-electron chi connectivity index (χ0n) is 15.7. The first-order chi connectivity index (χ1) is 12.8. The van der Waals surface area contributed by atoms with Gasteiger partial charge in [0, 0.05) is 31.1 Å². The maximum atomic E-state index is 12.4. The van der Waals surface area contributed by atoms with Crippen LogP contribution < -0.4 is 10.1 Å². The lowest BCUT2D eigenvalue weighted by atomic mass is 10.3. The summed E-state index contributed by atoms with van der Waals surface area (Å²) in [6.45, 7) is 4.90. The highest BCUT2D eigenvalue weighted by Gasteiger charge is 2.30.